The summed E-state index contributed by atoms with van der Waals surface area (Å²) >= 11 is 0. The van der Waals surface area contributed by atoms with Crippen LogP contribution >= 0.6 is 0 Å². The first-order valence-corrected chi connectivity index (χ1v) is 23.1. The van der Waals surface area contributed by atoms with Crippen molar-refractivity contribution in [2.45, 2.75) is 98.9 Å². The van der Waals surface area contributed by atoms with Crippen LogP contribution in [0.15, 0.2) is 110 Å². The Kier molecular flexibility index (Phi) is 10.3. The molecule has 0 aliphatic carbocycles. The van der Waals surface area contributed by atoms with E-state index >= 15 is 0 Å². The smallest absolute Gasteiger partial charge is 0.258 e. The highest BCUT2D eigenvalue weighted by Crippen LogP contribution is 2.57. The molecular formula is C54H60N6O6. The van der Waals surface area contributed by atoms with Gasteiger partial charge in [-0.15, -0.1) is 0 Å². The molecule has 4 aromatic carbocycles. The Labute approximate surface area is 386 Å². The van der Waals surface area contributed by atoms with Crippen molar-refractivity contribution in [1.82, 2.24) is 15.0 Å². The largest absolute Gasteiger partial charge is 0.448 e. The highest BCUT2D eigenvalue weighted by Gasteiger charge is 2.54. The normalized spacial score (nSPS) is 20.9. The van der Waals surface area contributed by atoms with Crippen LogP contribution < -0.4 is 44.4 Å². The fourth-order valence-corrected chi connectivity index (χ4v) is 9.44. The van der Waals surface area contributed by atoms with Gasteiger partial charge in [-0.25, -0.2) is 15.0 Å². The second kappa shape index (κ2) is 15.7. The Bertz CT molecular complexity index is 2480. The summed E-state index contributed by atoms with van der Waals surface area (Å²) in [6.07, 6.45) is 7.08. The summed E-state index contributed by atoms with van der Waals surface area (Å²) in [5.41, 5.74) is -1.18. The third-order valence-electron chi connectivity index (χ3n) is 13.5. The standard InChI is InChI=1S/C54H60N6O6/c1-49(2,3)52(19-25-58-46-16-10-13-22-55-46)61-40-28-34-35(29-41(40)62-52)37-31-43-45(66-54(64-43,51(7,8)9)21-27-60-48-18-12-15-24-57-48)33-39(37)38-32-44-42(30-36(34)38)63-53(65-44,50(4,5)6)20-26-59-47-17-11-14-23-56-47/h10-18,22-24,28-33H,19-21,25-27H2,1-9H3,(H,55,58)(H,56,59)(H,57,60). The molecule has 3 aromatic heterocycles. The van der Waals surface area contributed by atoms with Crippen LogP contribution in [0.25, 0.3) is 32.3 Å². The van der Waals surface area contributed by atoms with E-state index in [2.05, 4.69) is 130 Å². The van der Waals surface area contributed by atoms with Crippen LogP contribution in [0.1, 0.15) is 81.6 Å². The third-order valence-corrected chi connectivity index (χ3v) is 13.5. The zero-order valence-electron chi connectivity index (χ0n) is 39.4. The van der Waals surface area contributed by atoms with Crippen LogP contribution in [0.5, 0.6) is 34.5 Å². The van der Waals surface area contributed by atoms with E-state index in [9.17, 15) is 0 Å². The predicted octanol–water partition coefficient (Wildman–Crippen LogP) is 12.4. The van der Waals surface area contributed by atoms with Gasteiger partial charge in [0.15, 0.2) is 34.5 Å². The molecule has 7 aromatic rings. The molecule has 0 spiro atoms. The molecule has 12 nitrogen and oxygen atoms in total. The minimum atomic E-state index is -0.957. The van der Waals surface area contributed by atoms with E-state index in [4.69, 9.17) is 28.4 Å². The van der Waals surface area contributed by atoms with E-state index in [1.165, 1.54) is 0 Å². The monoisotopic (exact) mass is 888 g/mol. The van der Waals surface area contributed by atoms with Gasteiger partial charge < -0.3 is 44.4 Å². The summed E-state index contributed by atoms with van der Waals surface area (Å²) in [6.45, 7) is 21.2. The van der Waals surface area contributed by atoms with Gasteiger partial charge >= 0.3 is 0 Å². The fraction of sp³-hybridized carbons (Fsp3) is 0.389. The van der Waals surface area contributed by atoms with Gasteiger partial charge in [0.2, 0.25) is 0 Å². The van der Waals surface area contributed by atoms with E-state index in [-0.39, 0.29) is 0 Å². The molecule has 0 atom stereocenters. The number of nitrogens with one attached hydrogen (secondary N) is 3. The number of aromatic nitrogens is 3. The molecule has 0 unspecified atom stereocenters. The maximum absolute atomic E-state index is 7.02. The summed E-state index contributed by atoms with van der Waals surface area (Å²) in [4.78, 5) is 13.4. The maximum Gasteiger partial charge on any atom is 0.258 e. The second-order valence-corrected chi connectivity index (χ2v) is 20.8. The van der Waals surface area contributed by atoms with E-state index in [1.807, 2.05) is 54.6 Å². The number of ether oxygens (including phenoxy) is 6. The van der Waals surface area contributed by atoms with Crippen LogP contribution in [0.4, 0.5) is 17.5 Å². The van der Waals surface area contributed by atoms with E-state index < -0.39 is 33.6 Å². The van der Waals surface area contributed by atoms with Crippen LogP contribution in [0.3, 0.4) is 0 Å². The van der Waals surface area contributed by atoms with Crippen molar-refractivity contribution in [3.8, 4) is 34.5 Å². The van der Waals surface area contributed by atoms with Crippen molar-refractivity contribution in [1.29, 1.82) is 0 Å². The van der Waals surface area contributed by atoms with Gasteiger partial charge in [-0.05, 0) is 105 Å². The Morgan fingerprint density at radius 3 is 0.773 bits per heavy atom. The first-order valence-electron chi connectivity index (χ1n) is 23.1. The Balaban J connectivity index is 1.08. The number of hydrogen-bond acceptors (Lipinski definition) is 12. The predicted molar refractivity (Wildman–Crippen MR) is 261 cm³/mol. The molecule has 3 aliphatic rings. The molecule has 342 valence electrons. The lowest BCUT2D eigenvalue weighted by atomic mass is 9.83. The molecule has 3 N–H and O–H groups in total. The zero-order valence-corrected chi connectivity index (χ0v) is 39.4. The summed E-state index contributed by atoms with van der Waals surface area (Å²) < 4.78 is 42.1. The van der Waals surface area contributed by atoms with Crippen LogP contribution in [-0.4, -0.2) is 51.9 Å². The number of pyridine rings is 3. The van der Waals surface area contributed by atoms with Gasteiger partial charge in [0.1, 0.15) is 17.5 Å². The number of hydrogen-bond donors (Lipinski definition) is 3. The molecule has 10 rings (SSSR count). The van der Waals surface area contributed by atoms with Crippen molar-refractivity contribution in [3.63, 3.8) is 0 Å². The molecule has 0 radical (unpaired) electrons. The topological polar surface area (TPSA) is 130 Å². The van der Waals surface area contributed by atoms with Gasteiger partial charge in [0, 0.05) is 73.7 Å². The minimum absolute atomic E-state index is 0.393. The maximum atomic E-state index is 7.02. The number of fused-ring (bicyclic) bond motifs is 9. The summed E-state index contributed by atoms with van der Waals surface area (Å²) in [6, 6.07) is 30.3. The first kappa shape index (κ1) is 43.2. The SMILES string of the molecule is CC(C)(C)C1(CCNc2ccccn2)Oc2cc3c4cc5c(cc4c4cc6c(cc4c3cc2O1)OC(CCNc1ccccn1)(C(C)(C)C)O6)OC(CCNc1ccccn1)(C(C)(C)C)O5. The molecular weight excluding hydrogens is 829 g/mol. The number of nitrogens with zero attached hydrogens (tertiary/aromatic N) is 3. The van der Waals surface area contributed by atoms with Crippen molar-refractivity contribution in [2.75, 3.05) is 35.6 Å². The Morgan fingerprint density at radius 2 is 0.591 bits per heavy atom. The molecule has 0 amide bonds. The molecule has 0 fully saturated rings. The van der Waals surface area contributed by atoms with Crippen molar-refractivity contribution in [3.05, 3.63) is 110 Å². The van der Waals surface area contributed by atoms with E-state index in [1.54, 1.807) is 18.6 Å². The summed E-state index contributed by atoms with van der Waals surface area (Å²) in [5.74, 6) is 3.66. The number of benzene rings is 4. The third kappa shape index (κ3) is 7.53. The quantitative estimate of drug-likeness (QED) is 0.101. The highest BCUT2D eigenvalue weighted by molar-refractivity contribution is 6.27. The average Bonchev–Trinajstić information content (AvgIpc) is 3.97. The van der Waals surface area contributed by atoms with Gasteiger partial charge in [0.25, 0.3) is 17.4 Å². The lowest BCUT2D eigenvalue weighted by molar-refractivity contribution is -0.161. The number of anilines is 3. The lowest BCUT2D eigenvalue weighted by Crippen LogP contribution is -2.51. The molecule has 0 saturated heterocycles. The molecule has 0 bridgehead atoms. The Hall–Kier alpha value is -6.69. The van der Waals surface area contributed by atoms with E-state index in [0.717, 1.165) is 49.8 Å². The fourth-order valence-electron chi connectivity index (χ4n) is 9.44. The van der Waals surface area contributed by atoms with Crippen LogP contribution in [0.2, 0.25) is 0 Å². The molecule has 66 heavy (non-hydrogen) atoms. The average molecular weight is 889 g/mol. The van der Waals surface area contributed by atoms with Gasteiger partial charge in [0.05, 0.1) is 0 Å². The van der Waals surface area contributed by atoms with Crippen molar-refractivity contribution < 1.29 is 28.4 Å². The van der Waals surface area contributed by atoms with Gasteiger partial charge in [-0.3, -0.25) is 0 Å². The zero-order chi connectivity index (χ0) is 46.1. The highest BCUT2D eigenvalue weighted by atomic mass is 16.7. The van der Waals surface area contributed by atoms with Crippen LogP contribution in [-0.2, 0) is 0 Å². The van der Waals surface area contributed by atoms with E-state index in [0.29, 0.717) is 73.4 Å². The molecule has 3 aliphatic heterocycles. The molecule has 0 saturated carbocycles. The summed E-state index contributed by atoms with van der Waals surface area (Å²) in [7, 11) is 0. The van der Waals surface area contributed by atoms with Gasteiger partial charge in [-0.2, -0.15) is 0 Å². The van der Waals surface area contributed by atoms with Crippen LogP contribution in [0, 0.1) is 16.2 Å². The van der Waals surface area contributed by atoms with Crippen molar-refractivity contribution >= 4 is 49.8 Å². The molecule has 12 heteroatoms. The van der Waals surface area contributed by atoms with Crippen molar-refractivity contribution in [2.24, 2.45) is 16.2 Å². The number of rotatable bonds is 12. The molecule has 6 heterocycles. The summed E-state index contributed by atoms with van der Waals surface area (Å²) in [5, 5.41) is 16.4. The lowest BCUT2D eigenvalue weighted by Gasteiger charge is -2.39. The minimum Gasteiger partial charge on any atom is -0.448 e. The Morgan fingerprint density at radius 1 is 0.364 bits per heavy atom. The second-order valence-electron chi connectivity index (χ2n) is 20.8. The van der Waals surface area contributed by atoms with Gasteiger partial charge in [-0.1, -0.05) is 80.5 Å². The first-order chi connectivity index (χ1) is 31.5.